The van der Waals surface area contributed by atoms with Gasteiger partial charge in [-0.2, -0.15) is 0 Å². The van der Waals surface area contributed by atoms with Gasteiger partial charge in [-0.3, -0.25) is 14.5 Å². The highest BCUT2D eigenvalue weighted by atomic mass is 35.5. The van der Waals surface area contributed by atoms with Crippen molar-refractivity contribution in [2.75, 3.05) is 59.5 Å². The summed E-state index contributed by atoms with van der Waals surface area (Å²) in [5.41, 5.74) is -1.12. The molecule has 7 nitrogen and oxygen atoms in total. The summed E-state index contributed by atoms with van der Waals surface area (Å²) >= 11 is 7.55. The fourth-order valence-corrected chi connectivity index (χ4v) is 7.29. The SMILES string of the molecule is CN1CCC(C2CCN(C(=O)[C@](C)(NC(=O)c3cc4ccc(Cl)cc4s3)N3CCOCC3)CC2)CC1. The molecule has 0 spiro atoms. The molecule has 0 saturated carbocycles. The number of amides is 2. The molecule has 0 aliphatic carbocycles. The minimum absolute atomic E-state index is 0.0104. The molecule has 0 bridgehead atoms. The van der Waals surface area contributed by atoms with Crippen LogP contribution in [-0.2, 0) is 9.53 Å². The number of carbonyl (C=O) groups is 2. The zero-order chi connectivity index (χ0) is 25.3. The molecule has 36 heavy (non-hydrogen) atoms. The van der Waals surface area contributed by atoms with Crippen molar-refractivity contribution in [3.05, 3.63) is 34.2 Å². The van der Waals surface area contributed by atoms with Crippen LogP contribution < -0.4 is 5.32 Å². The standard InChI is InChI=1S/C27H37ClN4O3S/c1-27(32-13-15-35-16-14-32,29-25(33)24-17-21-3-4-22(28)18-23(21)36-24)26(34)31-11-7-20(8-12-31)19-5-9-30(2)10-6-19/h3-4,17-20H,5-16H2,1-2H3,(H,29,33)/t27-/m1/s1. The van der Waals surface area contributed by atoms with Gasteiger partial charge in [-0.1, -0.05) is 17.7 Å². The minimum atomic E-state index is -1.12. The van der Waals surface area contributed by atoms with Gasteiger partial charge in [0.2, 0.25) is 0 Å². The summed E-state index contributed by atoms with van der Waals surface area (Å²) in [4.78, 5) is 34.5. The zero-order valence-corrected chi connectivity index (χ0v) is 22.9. The van der Waals surface area contributed by atoms with Crippen LogP contribution in [0.25, 0.3) is 10.1 Å². The molecule has 3 saturated heterocycles. The summed E-state index contributed by atoms with van der Waals surface area (Å²) < 4.78 is 6.52. The highest BCUT2D eigenvalue weighted by molar-refractivity contribution is 7.20. The van der Waals surface area contributed by atoms with Gasteiger partial charge in [0.1, 0.15) is 0 Å². The molecule has 2 aromatic rings. The van der Waals surface area contributed by atoms with Crippen molar-refractivity contribution in [2.24, 2.45) is 11.8 Å². The third kappa shape index (κ3) is 5.43. The summed E-state index contributed by atoms with van der Waals surface area (Å²) in [7, 11) is 2.20. The average Bonchev–Trinajstić information content (AvgIpc) is 3.33. The molecule has 196 valence electrons. The summed E-state index contributed by atoms with van der Waals surface area (Å²) in [6.45, 7) is 8.06. The molecule has 1 atom stereocenters. The molecular weight excluding hydrogens is 496 g/mol. The molecule has 9 heteroatoms. The third-order valence-corrected chi connectivity index (χ3v) is 9.71. The van der Waals surface area contributed by atoms with E-state index < -0.39 is 5.66 Å². The smallest absolute Gasteiger partial charge is 0.263 e. The molecule has 1 aromatic carbocycles. The fourth-order valence-electron chi connectivity index (χ4n) is 6.06. The van der Waals surface area contributed by atoms with Crippen molar-refractivity contribution in [3.8, 4) is 0 Å². The number of morpholine rings is 1. The summed E-state index contributed by atoms with van der Waals surface area (Å²) in [6.07, 6.45) is 4.61. The highest BCUT2D eigenvalue weighted by Gasteiger charge is 2.45. The van der Waals surface area contributed by atoms with Gasteiger partial charge in [0.25, 0.3) is 11.8 Å². The Morgan fingerprint density at radius 1 is 1.00 bits per heavy atom. The predicted molar refractivity (Wildman–Crippen MR) is 145 cm³/mol. The van der Waals surface area contributed by atoms with Crippen LogP contribution in [0.2, 0.25) is 5.02 Å². The van der Waals surface area contributed by atoms with Crippen LogP contribution in [0.5, 0.6) is 0 Å². The molecule has 2 amide bonds. The van der Waals surface area contributed by atoms with E-state index in [4.69, 9.17) is 16.3 Å². The lowest BCUT2D eigenvalue weighted by atomic mass is 9.78. The molecule has 3 aliphatic rings. The topological polar surface area (TPSA) is 65.1 Å². The summed E-state index contributed by atoms with van der Waals surface area (Å²) in [6, 6.07) is 7.50. The molecule has 0 unspecified atom stereocenters. The van der Waals surface area contributed by atoms with Crippen molar-refractivity contribution in [3.63, 3.8) is 0 Å². The maximum Gasteiger partial charge on any atom is 0.263 e. The number of benzene rings is 1. The van der Waals surface area contributed by atoms with Crippen LogP contribution >= 0.6 is 22.9 Å². The Balaban J connectivity index is 1.30. The third-order valence-electron chi connectivity index (χ3n) is 8.38. The van der Waals surface area contributed by atoms with Crippen molar-refractivity contribution in [2.45, 2.75) is 38.3 Å². The second-order valence-corrected chi connectivity index (χ2v) is 12.2. The molecule has 4 heterocycles. The number of thiophene rings is 1. The normalized spacial score (nSPS) is 23.0. The number of likely N-dealkylation sites (tertiary alicyclic amines) is 2. The van der Waals surface area contributed by atoms with Gasteiger partial charge < -0.3 is 19.9 Å². The van der Waals surface area contributed by atoms with Crippen molar-refractivity contribution in [1.82, 2.24) is 20.0 Å². The number of hydrogen-bond acceptors (Lipinski definition) is 6. The molecule has 0 radical (unpaired) electrons. The van der Waals surface area contributed by atoms with E-state index >= 15 is 0 Å². The Bertz CT molecular complexity index is 1090. The lowest BCUT2D eigenvalue weighted by molar-refractivity contribution is -0.150. The first-order chi connectivity index (χ1) is 17.3. The highest BCUT2D eigenvalue weighted by Crippen LogP contribution is 2.34. The number of hydrogen-bond donors (Lipinski definition) is 1. The monoisotopic (exact) mass is 532 g/mol. The second kappa shape index (κ2) is 11.0. The van der Waals surface area contributed by atoms with Crippen LogP contribution in [0.1, 0.15) is 42.3 Å². The Labute approximate surface area is 222 Å². The maximum absolute atomic E-state index is 14.0. The Morgan fingerprint density at radius 2 is 1.64 bits per heavy atom. The lowest BCUT2D eigenvalue weighted by Gasteiger charge is -2.46. The van der Waals surface area contributed by atoms with E-state index in [2.05, 4.69) is 22.2 Å². The van der Waals surface area contributed by atoms with Crippen LogP contribution in [0.3, 0.4) is 0 Å². The average molecular weight is 533 g/mol. The first-order valence-electron chi connectivity index (χ1n) is 13.2. The van der Waals surface area contributed by atoms with E-state index in [0.29, 0.717) is 42.1 Å². The van der Waals surface area contributed by atoms with Gasteiger partial charge in [0.05, 0.1) is 18.1 Å². The van der Waals surface area contributed by atoms with Gasteiger partial charge in [-0.25, -0.2) is 0 Å². The first-order valence-corrected chi connectivity index (χ1v) is 14.4. The number of nitrogens with zero attached hydrogens (tertiary/aromatic N) is 3. The number of carbonyl (C=O) groups excluding carboxylic acids is 2. The Morgan fingerprint density at radius 3 is 2.31 bits per heavy atom. The van der Waals surface area contributed by atoms with Gasteiger partial charge >= 0.3 is 0 Å². The molecule has 3 aliphatic heterocycles. The second-order valence-electron chi connectivity index (χ2n) is 10.7. The van der Waals surface area contributed by atoms with Crippen LogP contribution in [0.4, 0.5) is 0 Å². The van der Waals surface area contributed by atoms with Gasteiger partial charge in [0, 0.05) is 35.9 Å². The van der Waals surface area contributed by atoms with Crippen molar-refractivity contribution >= 4 is 44.8 Å². The van der Waals surface area contributed by atoms with Gasteiger partial charge in [-0.05, 0) is 88.2 Å². The van der Waals surface area contributed by atoms with E-state index in [-0.39, 0.29) is 11.8 Å². The molecule has 1 N–H and O–H groups in total. The fraction of sp³-hybridized carbons (Fsp3) is 0.630. The van der Waals surface area contributed by atoms with Gasteiger partial charge in [-0.15, -0.1) is 11.3 Å². The number of fused-ring (bicyclic) bond motifs is 1. The Kier molecular flexibility index (Phi) is 7.89. The van der Waals surface area contributed by atoms with Gasteiger partial charge in [0.15, 0.2) is 5.66 Å². The first kappa shape index (κ1) is 25.9. The van der Waals surface area contributed by atoms with Crippen molar-refractivity contribution in [1.29, 1.82) is 0 Å². The number of ether oxygens (including phenoxy) is 1. The molecular formula is C27H37ClN4O3S. The van der Waals surface area contributed by atoms with E-state index in [1.54, 1.807) is 0 Å². The van der Waals surface area contributed by atoms with E-state index in [1.807, 2.05) is 36.1 Å². The predicted octanol–water partition coefficient (Wildman–Crippen LogP) is 3.91. The summed E-state index contributed by atoms with van der Waals surface area (Å²) in [5.74, 6) is 1.22. The molecule has 3 fully saturated rings. The zero-order valence-electron chi connectivity index (χ0n) is 21.3. The van der Waals surface area contributed by atoms with Crippen LogP contribution in [-0.4, -0.2) is 91.7 Å². The molecule has 5 rings (SSSR count). The van der Waals surface area contributed by atoms with E-state index in [1.165, 1.54) is 37.3 Å². The Hall–Kier alpha value is -1.71. The van der Waals surface area contributed by atoms with Crippen LogP contribution in [0.15, 0.2) is 24.3 Å². The number of halogens is 1. The molecule has 1 aromatic heterocycles. The maximum atomic E-state index is 14.0. The number of nitrogens with one attached hydrogen (secondary N) is 1. The lowest BCUT2D eigenvalue weighted by Crippen LogP contribution is -2.69. The number of piperidine rings is 2. The quantitative estimate of drug-likeness (QED) is 0.632. The van der Waals surface area contributed by atoms with Crippen molar-refractivity contribution < 1.29 is 14.3 Å². The van der Waals surface area contributed by atoms with E-state index in [9.17, 15) is 9.59 Å². The summed E-state index contributed by atoms with van der Waals surface area (Å²) in [5, 5.41) is 4.77. The number of rotatable bonds is 5. The minimum Gasteiger partial charge on any atom is -0.379 e. The largest absolute Gasteiger partial charge is 0.379 e. The van der Waals surface area contributed by atoms with E-state index in [0.717, 1.165) is 41.9 Å². The van der Waals surface area contributed by atoms with Crippen LogP contribution in [0, 0.1) is 11.8 Å².